The van der Waals surface area contributed by atoms with Crippen LogP contribution in [0.3, 0.4) is 0 Å². The number of benzene rings is 1. The highest BCUT2D eigenvalue weighted by molar-refractivity contribution is 7.99. The summed E-state index contributed by atoms with van der Waals surface area (Å²) in [6.45, 7) is 8.48. The topological polar surface area (TPSA) is 51.0 Å². The van der Waals surface area contributed by atoms with E-state index in [9.17, 15) is 4.79 Å². The van der Waals surface area contributed by atoms with Gasteiger partial charge in [0.05, 0.1) is 5.75 Å². The maximum absolute atomic E-state index is 12.6. The van der Waals surface area contributed by atoms with Crippen LogP contribution < -0.4 is 4.90 Å². The van der Waals surface area contributed by atoms with Crippen LogP contribution in [0.2, 0.25) is 0 Å². The Labute approximate surface area is 153 Å². The summed E-state index contributed by atoms with van der Waals surface area (Å²) in [6, 6.07) is 8.60. The zero-order valence-electron chi connectivity index (χ0n) is 15.4. The first kappa shape index (κ1) is 17.7. The van der Waals surface area contributed by atoms with E-state index in [1.165, 1.54) is 23.0 Å². The van der Waals surface area contributed by atoms with E-state index in [4.69, 9.17) is 0 Å². The number of nitrogens with zero attached hydrogens (tertiary/aromatic N) is 4. The zero-order chi connectivity index (χ0) is 18.2. The van der Waals surface area contributed by atoms with Gasteiger partial charge in [-0.1, -0.05) is 43.8 Å². The average molecular weight is 356 g/mol. The van der Waals surface area contributed by atoms with Crippen LogP contribution >= 0.6 is 11.8 Å². The molecule has 0 aliphatic carbocycles. The molecule has 1 aromatic carbocycles. The van der Waals surface area contributed by atoms with Crippen molar-refractivity contribution in [1.29, 1.82) is 0 Å². The van der Waals surface area contributed by atoms with Gasteiger partial charge >= 0.3 is 0 Å². The minimum atomic E-state index is -0.177. The third-order valence-electron chi connectivity index (χ3n) is 4.68. The van der Waals surface area contributed by atoms with Gasteiger partial charge in [0, 0.05) is 36.0 Å². The first-order valence-corrected chi connectivity index (χ1v) is 9.41. The number of likely N-dealkylation sites (N-methyl/N-ethyl adjacent to an activating group) is 1. The Morgan fingerprint density at radius 3 is 2.72 bits per heavy atom. The molecular formula is C19H24N4OS. The molecule has 0 spiro atoms. The minimum absolute atomic E-state index is 0.0889. The number of para-hydroxylation sites is 1. The van der Waals surface area contributed by atoms with Crippen molar-refractivity contribution in [2.24, 2.45) is 0 Å². The molecule has 0 amide bonds. The number of anilines is 1. The lowest BCUT2D eigenvalue weighted by molar-refractivity contribution is -0.112. The lowest BCUT2D eigenvalue weighted by Crippen LogP contribution is -2.24. The maximum Gasteiger partial charge on any atom is 0.191 e. The van der Waals surface area contributed by atoms with Crippen LogP contribution in [0.25, 0.3) is 0 Å². The smallest absolute Gasteiger partial charge is 0.191 e. The largest absolute Gasteiger partial charge is 0.347 e. The summed E-state index contributed by atoms with van der Waals surface area (Å²) in [5.74, 6) is 0.445. The number of carbonyl (C=O) groups excluding carboxylic acids is 1. The molecule has 0 fully saturated rings. The molecule has 5 nitrogen and oxygen atoms in total. The van der Waals surface area contributed by atoms with Crippen LogP contribution in [0.4, 0.5) is 5.69 Å². The molecule has 25 heavy (non-hydrogen) atoms. The third-order valence-corrected chi connectivity index (χ3v) is 5.66. The van der Waals surface area contributed by atoms with Gasteiger partial charge in [0.2, 0.25) is 0 Å². The highest BCUT2D eigenvalue weighted by Gasteiger charge is 2.38. The van der Waals surface area contributed by atoms with Crippen LogP contribution in [0, 0.1) is 0 Å². The SMILES string of the molecule is CC(C)n1cnnc1SCC(=O)/C=C1/N(C)c2ccccc2C1(C)C. The second-order valence-electron chi connectivity index (χ2n) is 7.10. The van der Waals surface area contributed by atoms with Gasteiger partial charge in [-0.2, -0.15) is 0 Å². The van der Waals surface area contributed by atoms with Crippen molar-refractivity contribution in [3.8, 4) is 0 Å². The summed E-state index contributed by atoms with van der Waals surface area (Å²) in [5.41, 5.74) is 3.27. The standard InChI is InChI=1S/C19H24N4OS/c1-13(2)23-12-20-21-18(23)25-11-14(24)10-17-19(3,4)15-8-6-7-9-16(15)22(17)5/h6-10,12-13H,11H2,1-5H3/b17-10+. The van der Waals surface area contributed by atoms with Gasteiger partial charge in [0.1, 0.15) is 6.33 Å². The van der Waals surface area contributed by atoms with Gasteiger partial charge in [-0.25, -0.2) is 0 Å². The van der Waals surface area contributed by atoms with Crippen molar-refractivity contribution < 1.29 is 4.79 Å². The van der Waals surface area contributed by atoms with E-state index < -0.39 is 0 Å². The maximum atomic E-state index is 12.6. The fourth-order valence-corrected chi connectivity index (χ4v) is 4.14. The first-order chi connectivity index (χ1) is 11.8. The van der Waals surface area contributed by atoms with E-state index >= 15 is 0 Å². The molecule has 1 aliphatic rings. The Morgan fingerprint density at radius 1 is 1.32 bits per heavy atom. The van der Waals surface area contributed by atoms with Crippen LogP contribution in [0.5, 0.6) is 0 Å². The molecule has 1 aromatic heterocycles. The second kappa shape index (κ2) is 6.67. The highest BCUT2D eigenvalue weighted by Crippen LogP contribution is 2.46. The van der Waals surface area contributed by atoms with E-state index in [0.717, 1.165) is 10.9 Å². The highest BCUT2D eigenvalue weighted by atomic mass is 32.2. The van der Waals surface area contributed by atoms with Gasteiger partial charge < -0.3 is 9.47 Å². The number of carbonyl (C=O) groups is 1. The molecule has 0 N–H and O–H groups in total. The predicted octanol–water partition coefficient (Wildman–Crippen LogP) is 3.83. The van der Waals surface area contributed by atoms with Crippen molar-refractivity contribution in [2.75, 3.05) is 17.7 Å². The Kier molecular flexibility index (Phi) is 4.73. The number of fused-ring (bicyclic) bond motifs is 1. The molecule has 132 valence electrons. The van der Waals surface area contributed by atoms with Crippen LogP contribution in [0.1, 0.15) is 39.3 Å². The summed E-state index contributed by atoms with van der Waals surface area (Å²) >= 11 is 1.44. The van der Waals surface area contributed by atoms with E-state index in [1.807, 2.05) is 23.7 Å². The zero-order valence-corrected chi connectivity index (χ0v) is 16.2. The number of ketones is 1. The van der Waals surface area contributed by atoms with Gasteiger partial charge in [-0.15, -0.1) is 10.2 Å². The molecule has 2 heterocycles. The number of allylic oxidation sites excluding steroid dienone is 2. The summed E-state index contributed by atoms with van der Waals surface area (Å²) in [4.78, 5) is 14.7. The fraction of sp³-hybridized carbons (Fsp3) is 0.421. The van der Waals surface area contributed by atoms with Crippen molar-refractivity contribution in [3.63, 3.8) is 0 Å². The van der Waals surface area contributed by atoms with Crippen molar-refractivity contribution in [1.82, 2.24) is 14.8 Å². The second-order valence-corrected chi connectivity index (χ2v) is 8.04. The predicted molar refractivity (Wildman–Crippen MR) is 102 cm³/mol. The molecular weight excluding hydrogens is 332 g/mol. The van der Waals surface area contributed by atoms with Crippen molar-refractivity contribution in [2.45, 2.75) is 44.3 Å². The Morgan fingerprint density at radius 2 is 2.04 bits per heavy atom. The molecule has 0 atom stereocenters. The molecule has 0 saturated carbocycles. The average Bonchev–Trinajstić information content (AvgIpc) is 3.12. The summed E-state index contributed by atoms with van der Waals surface area (Å²) in [5, 5.41) is 8.84. The number of hydrogen-bond donors (Lipinski definition) is 0. The molecule has 1 aliphatic heterocycles. The van der Waals surface area contributed by atoms with E-state index in [-0.39, 0.29) is 17.2 Å². The normalized spacial score (nSPS) is 17.4. The number of rotatable bonds is 5. The van der Waals surface area contributed by atoms with E-state index in [0.29, 0.717) is 5.75 Å². The molecule has 6 heteroatoms. The molecule has 0 unspecified atom stereocenters. The van der Waals surface area contributed by atoms with Gasteiger partial charge in [0.15, 0.2) is 10.9 Å². The molecule has 2 aromatic rings. The quantitative estimate of drug-likeness (QED) is 0.602. The van der Waals surface area contributed by atoms with Gasteiger partial charge in [0.25, 0.3) is 0 Å². The number of thioether (sulfide) groups is 1. The molecule has 0 bridgehead atoms. The lowest BCUT2D eigenvalue weighted by Gasteiger charge is -2.23. The van der Waals surface area contributed by atoms with Crippen LogP contribution in [0.15, 0.2) is 47.5 Å². The van der Waals surface area contributed by atoms with Crippen molar-refractivity contribution in [3.05, 3.63) is 47.9 Å². The van der Waals surface area contributed by atoms with Gasteiger partial charge in [-0.3, -0.25) is 4.79 Å². The Hall–Kier alpha value is -2.08. The summed E-state index contributed by atoms with van der Waals surface area (Å²) in [7, 11) is 2.02. The molecule has 0 saturated heterocycles. The number of aromatic nitrogens is 3. The van der Waals surface area contributed by atoms with Crippen molar-refractivity contribution >= 4 is 23.2 Å². The Bertz CT molecular complexity index is 822. The summed E-state index contributed by atoms with van der Waals surface area (Å²) < 4.78 is 1.98. The Balaban J connectivity index is 1.77. The van der Waals surface area contributed by atoms with Crippen LogP contribution in [-0.4, -0.2) is 33.3 Å². The summed E-state index contributed by atoms with van der Waals surface area (Å²) in [6.07, 6.45) is 3.49. The van der Waals surface area contributed by atoms with E-state index in [1.54, 1.807) is 12.4 Å². The van der Waals surface area contributed by atoms with E-state index in [2.05, 4.69) is 54.9 Å². The minimum Gasteiger partial charge on any atom is -0.347 e. The monoisotopic (exact) mass is 356 g/mol. The first-order valence-electron chi connectivity index (χ1n) is 8.43. The molecule has 3 rings (SSSR count). The number of hydrogen-bond acceptors (Lipinski definition) is 5. The molecule has 0 radical (unpaired) electrons. The van der Waals surface area contributed by atoms with Crippen LogP contribution in [-0.2, 0) is 10.2 Å². The van der Waals surface area contributed by atoms with Gasteiger partial charge in [-0.05, 0) is 25.5 Å². The third kappa shape index (κ3) is 3.23. The fourth-order valence-electron chi connectivity index (χ4n) is 3.28. The lowest BCUT2D eigenvalue weighted by atomic mass is 9.83.